The minimum atomic E-state index is -0.698. The zero-order valence-electron chi connectivity index (χ0n) is 21.0. The van der Waals surface area contributed by atoms with E-state index in [1.165, 1.54) is 17.7 Å². The Morgan fingerprint density at radius 1 is 1.05 bits per heavy atom. The highest BCUT2D eigenvalue weighted by molar-refractivity contribution is 5.79. The molecule has 5 rings (SSSR count). The molecule has 198 valence electrons. The van der Waals surface area contributed by atoms with Crippen molar-refractivity contribution in [2.24, 2.45) is 5.92 Å². The lowest BCUT2D eigenvalue weighted by molar-refractivity contribution is -0.138. The molecule has 0 radical (unpaired) electrons. The van der Waals surface area contributed by atoms with E-state index >= 15 is 0 Å². The molecule has 0 bridgehead atoms. The predicted octanol–water partition coefficient (Wildman–Crippen LogP) is 5.33. The van der Waals surface area contributed by atoms with Gasteiger partial charge in [0.1, 0.15) is 24.3 Å². The van der Waals surface area contributed by atoms with Gasteiger partial charge < -0.3 is 24.4 Å². The van der Waals surface area contributed by atoms with Crippen molar-refractivity contribution in [3.63, 3.8) is 0 Å². The van der Waals surface area contributed by atoms with Crippen LogP contribution in [0.15, 0.2) is 47.0 Å². The molecule has 7 nitrogen and oxygen atoms in total. The molecule has 0 spiro atoms. The van der Waals surface area contributed by atoms with E-state index in [0.717, 1.165) is 68.4 Å². The Morgan fingerprint density at radius 2 is 1.78 bits per heavy atom. The van der Waals surface area contributed by atoms with E-state index < -0.39 is 12.1 Å². The molecule has 2 aromatic carbocycles. The van der Waals surface area contributed by atoms with Gasteiger partial charge in [-0.1, -0.05) is 17.3 Å². The first-order chi connectivity index (χ1) is 17.9. The van der Waals surface area contributed by atoms with Gasteiger partial charge in [-0.2, -0.15) is 0 Å². The van der Waals surface area contributed by atoms with Crippen LogP contribution in [0.1, 0.15) is 68.0 Å². The Bertz CT molecular complexity index is 1180. The van der Waals surface area contributed by atoms with Gasteiger partial charge in [0, 0.05) is 30.3 Å². The van der Waals surface area contributed by atoms with E-state index in [1.54, 1.807) is 6.07 Å². The van der Waals surface area contributed by atoms with Crippen LogP contribution >= 0.6 is 0 Å². The van der Waals surface area contributed by atoms with Crippen molar-refractivity contribution in [1.82, 2.24) is 10.1 Å². The Kier molecular flexibility index (Phi) is 8.05. The summed E-state index contributed by atoms with van der Waals surface area (Å²) in [5, 5.41) is 24.6. The SMILES string of the molecule is O=C(O)CC1CCC(c2ccc(OCC(O)CN3CCC(c4noc5cc(F)ccc45)CC3)cc2)CC1. The van der Waals surface area contributed by atoms with Gasteiger partial charge in [0.2, 0.25) is 0 Å². The van der Waals surface area contributed by atoms with Gasteiger partial charge in [-0.3, -0.25) is 4.79 Å². The van der Waals surface area contributed by atoms with Gasteiger partial charge in [0.25, 0.3) is 0 Å². The van der Waals surface area contributed by atoms with Crippen molar-refractivity contribution >= 4 is 16.9 Å². The van der Waals surface area contributed by atoms with E-state index in [-0.39, 0.29) is 24.8 Å². The molecular formula is C29H35FN2O5. The number of aromatic nitrogens is 1. The third-order valence-electron chi connectivity index (χ3n) is 8.01. The highest BCUT2D eigenvalue weighted by atomic mass is 19.1. The van der Waals surface area contributed by atoms with Gasteiger partial charge in [-0.05, 0) is 93.3 Å². The molecule has 1 saturated carbocycles. The quantitative estimate of drug-likeness (QED) is 0.401. The van der Waals surface area contributed by atoms with E-state index in [9.17, 15) is 14.3 Å². The summed E-state index contributed by atoms with van der Waals surface area (Å²) in [4.78, 5) is 13.2. The smallest absolute Gasteiger partial charge is 0.303 e. The Hall–Kier alpha value is -2.97. The number of hydrogen-bond donors (Lipinski definition) is 2. The number of aliphatic carboxylic acids is 1. The van der Waals surface area contributed by atoms with Crippen molar-refractivity contribution in [3.05, 3.63) is 59.5 Å². The number of benzene rings is 2. The number of hydrogen-bond acceptors (Lipinski definition) is 6. The molecule has 8 heteroatoms. The summed E-state index contributed by atoms with van der Waals surface area (Å²) in [6, 6.07) is 12.7. The van der Waals surface area contributed by atoms with Gasteiger partial charge in [0.05, 0.1) is 5.69 Å². The number of carboxylic acid groups (broad SMARTS) is 1. The van der Waals surface area contributed by atoms with Crippen LogP contribution in [0, 0.1) is 11.7 Å². The van der Waals surface area contributed by atoms with Crippen LogP contribution < -0.4 is 4.74 Å². The molecule has 2 heterocycles. The van der Waals surface area contributed by atoms with Crippen molar-refractivity contribution in [2.45, 2.75) is 62.9 Å². The zero-order valence-corrected chi connectivity index (χ0v) is 21.0. The largest absolute Gasteiger partial charge is 0.491 e. The number of aliphatic hydroxyl groups is 1. The van der Waals surface area contributed by atoms with Crippen LogP contribution in [0.2, 0.25) is 0 Å². The Balaban J connectivity index is 1.04. The molecule has 1 saturated heterocycles. The molecule has 2 aliphatic rings. The third-order valence-corrected chi connectivity index (χ3v) is 8.01. The van der Waals surface area contributed by atoms with Crippen molar-refractivity contribution < 1.29 is 28.7 Å². The molecule has 1 aliphatic carbocycles. The molecule has 1 aromatic heterocycles. The molecule has 0 amide bonds. The average molecular weight is 511 g/mol. The topological polar surface area (TPSA) is 96.0 Å². The number of ether oxygens (including phenoxy) is 1. The van der Waals surface area contributed by atoms with E-state index in [0.29, 0.717) is 24.0 Å². The van der Waals surface area contributed by atoms with Crippen LogP contribution in [-0.2, 0) is 4.79 Å². The molecule has 3 aromatic rings. The van der Waals surface area contributed by atoms with Crippen LogP contribution in [-0.4, -0.2) is 58.6 Å². The summed E-state index contributed by atoms with van der Waals surface area (Å²) in [6.45, 7) is 2.48. The van der Waals surface area contributed by atoms with Crippen LogP contribution in [0.5, 0.6) is 5.75 Å². The maximum absolute atomic E-state index is 13.4. The number of halogens is 1. The molecule has 1 atom stereocenters. The van der Waals surface area contributed by atoms with Crippen molar-refractivity contribution in [2.75, 3.05) is 26.2 Å². The monoisotopic (exact) mass is 510 g/mol. The summed E-state index contributed by atoms with van der Waals surface area (Å²) in [5.41, 5.74) is 2.66. The average Bonchev–Trinajstić information content (AvgIpc) is 3.31. The Morgan fingerprint density at radius 3 is 2.49 bits per heavy atom. The summed E-state index contributed by atoms with van der Waals surface area (Å²) in [5.74, 6) is 0.767. The lowest BCUT2D eigenvalue weighted by Gasteiger charge is -2.32. The number of carbonyl (C=O) groups is 1. The summed E-state index contributed by atoms with van der Waals surface area (Å²) in [7, 11) is 0. The van der Waals surface area contributed by atoms with Gasteiger partial charge in [-0.15, -0.1) is 0 Å². The number of aliphatic hydroxyl groups excluding tert-OH is 1. The first kappa shape index (κ1) is 25.7. The second-order valence-corrected chi connectivity index (χ2v) is 10.6. The van der Waals surface area contributed by atoms with Crippen molar-refractivity contribution in [3.8, 4) is 5.75 Å². The fraction of sp³-hybridized carbons (Fsp3) is 0.517. The highest BCUT2D eigenvalue weighted by Crippen LogP contribution is 2.37. The number of fused-ring (bicyclic) bond motifs is 1. The predicted molar refractivity (Wildman–Crippen MR) is 137 cm³/mol. The molecule has 1 unspecified atom stereocenters. The third kappa shape index (κ3) is 6.48. The molecule has 2 N–H and O–H groups in total. The fourth-order valence-electron chi connectivity index (χ4n) is 5.94. The standard InChI is InChI=1S/C29H35FN2O5/c30-23-7-10-26-27(16-23)37-31-29(26)22-11-13-32(14-12-22)17-24(33)18-36-25-8-5-21(6-9-25)20-3-1-19(2-4-20)15-28(34)35/h5-10,16,19-20,22,24,33H,1-4,11-15,17-18H2,(H,34,35). The number of likely N-dealkylation sites (tertiary alicyclic amines) is 1. The number of piperidine rings is 1. The van der Waals surface area contributed by atoms with E-state index in [4.69, 9.17) is 14.4 Å². The molecule has 37 heavy (non-hydrogen) atoms. The Labute approximate surface area is 216 Å². The number of carboxylic acids is 1. The van der Waals surface area contributed by atoms with Crippen LogP contribution in [0.3, 0.4) is 0 Å². The normalized spacial score (nSPS) is 22.2. The molecular weight excluding hydrogens is 475 g/mol. The number of rotatable bonds is 9. The zero-order chi connectivity index (χ0) is 25.8. The van der Waals surface area contributed by atoms with Gasteiger partial charge in [-0.25, -0.2) is 4.39 Å². The first-order valence-corrected chi connectivity index (χ1v) is 13.3. The summed E-state index contributed by atoms with van der Waals surface area (Å²) in [6.07, 6.45) is 5.50. The van der Waals surface area contributed by atoms with Crippen LogP contribution in [0.4, 0.5) is 4.39 Å². The van der Waals surface area contributed by atoms with E-state index in [1.807, 2.05) is 12.1 Å². The maximum Gasteiger partial charge on any atom is 0.303 e. The minimum Gasteiger partial charge on any atom is -0.491 e. The second kappa shape index (κ2) is 11.6. The summed E-state index contributed by atoms with van der Waals surface area (Å²) < 4.78 is 24.6. The highest BCUT2D eigenvalue weighted by Gasteiger charge is 2.27. The second-order valence-electron chi connectivity index (χ2n) is 10.6. The van der Waals surface area contributed by atoms with Gasteiger partial charge >= 0.3 is 5.97 Å². The molecule has 2 fully saturated rings. The number of β-amino-alcohol motifs (C(OH)–C–C–N with tert-alkyl or cyclic N) is 1. The summed E-state index contributed by atoms with van der Waals surface area (Å²) >= 11 is 0. The van der Waals surface area contributed by atoms with E-state index in [2.05, 4.69) is 22.2 Å². The van der Waals surface area contributed by atoms with Crippen LogP contribution in [0.25, 0.3) is 11.0 Å². The number of nitrogens with zero attached hydrogens (tertiary/aromatic N) is 2. The first-order valence-electron chi connectivity index (χ1n) is 13.3. The van der Waals surface area contributed by atoms with Crippen molar-refractivity contribution in [1.29, 1.82) is 0 Å². The lowest BCUT2D eigenvalue weighted by Crippen LogP contribution is -2.40. The maximum atomic E-state index is 13.4. The fourth-order valence-corrected chi connectivity index (χ4v) is 5.94. The van der Waals surface area contributed by atoms with Gasteiger partial charge in [0.15, 0.2) is 5.58 Å². The molecule has 1 aliphatic heterocycles. The minimum absolute atomic E-state index is 0.235. The lowest BCUT2D eigenvalue weighted by atomic mass is 9.77.